The van der Waals surface area contributed by atoms with Crippen molar-refractivity contribution in [2.45, 2.75) is 31.8 Å². The molecule has 0 spiro atoms. The van der Waals surface area contributed by atoms with E-state index in [-0.39, 0.29) is 29.9 Å². The van der Waals surface area contributed by atoms with Crippen molar-refractivity contribution in [3.8, 4) is 0 Å². The van der Waals surface area contributed by atoms with Gasteiger partial charge >= 0.3 is 0 Å². The van der Waals surface area contributed by atoms with Crippen molar-refractivity contribution in [1.29, 1.82) is 0 Å². The summed E-state index contributed by atoms with van der Waals surface area (Å²) in [5, 5.41) is 7.77. The van der Waals surface area contributed by atoms with Gasteiger partial charge in [0.2, 0.25) is 5.91 Å². The number of hydrogen-bond acceptors (Lipinski definition) is 6. The second kappa shape index (κ2) is 9.13. The number of rotatable bonds is 8. The summed E-state index contributed by atoms with van der Waals surface area (Å²) >= 11 is 1.25. The summed E-state index contributed by atoms with van der Waals surface area (Å²) in [6, 6.07) is 10.8. The van der Waals surface area contributed by atoms with Crippen molar-refractivity contribution in [2.24, 2.45) is 0 Å². The van der Waals surface area contributed by atoms with Gasteiger partial charge in [-0.05, 0) is 42.7 Å². The van der Waals surface area contributed by atoms with Crippen molar-refractivity contribution >= 4 is 34.2 Å². The molecule has 8 nitrogen and oxygen atoms in total. The molecule has 0 unspecified atom stereocenters. The molecule has 0 saturated heterocycles. The predicted molar refractivity (Wildman–Crippen MR) is 116 cm³/mol. The zero-order chi connectivity index (χ0) is 21.8. The first-order valence-corrected chi connectivity index (χ1v) is 10.8. The number of benzene rings is 1. The third-order valence-electron chi connectivity index (χ3n) is 4.82. The van der Waals surface area contributed by atoms with E-state index in [2.05, 4.69) is 15.6 Å². The van der Waals surface area contributed by atoms with Gasteiger partial charge in [-0.3, -0.25) is 19.7 Å². The Morgan fingerprint density at radius 1 is 1.16 bits per heavy atom. The molecule has 2 N–H and O–H groups in total. The van der Waals surface area contributed by atoms with Crippen LogP contribution in [-0.2, 0) is 17.8 Å². The Labute approximate surface area is 183 Å². The molecular weight excluding hydrogens is 416 g/mol. The van der Waals surface area contributed by atoms with Crippen LogP contribution in [-0.4, -0.2) is 40.7 Å². The normalized spacial score (nSPS) is 12.9. The Hall–Kier alpha value is -3.46. The molecular formula is C22H22N4O4S. The zero-order valence-electron chi connectivity index (χ0n) is 17.0. The number of anilines is 1. The summed E-state index contributed by atoms with van der Waals surface area (Å²) < 4.78 is 5.05. The standard InChI is InChI=1S/C22H22N4O4S/c1-26(12-14-4-6-15(7-5-14)20(28)23-16-8-9-16)19(27)11-17-13-31-22(24-17)25-21(29)18-3-2-10-30-18/h2-7,10,13,16H,8-9,11-12H2,1H3,(H,23,28)(H,24,25,29). The molecule has 1 aromatic carbocycles. The van der Waals surface area contributed by atoms with Gasteiger partial charge in [0.15, 0.2) is 10.9 Å². The molecule has 4 rings (SSSR count). The summed E-state index contributed by atoms with van der Waals surface area (Å²) in [5.41, 5.74) is 2.14. The van der Waals surface area contributed by atoms with E-state index < -0.39 is 0 Å². The van der Waals surface area contributed by atoms with E-state index in [1.807, 2.05) is 12.1 Å². The average molecular weight is 439 g/mol. The van der Waals surface area contributed by atoms with Crippen molar-refractivity contribution < 1.29 is 18.8 Å². The minimum absolute atomic E-state index is 0.0584. The lowest BCUT2D eigenvalue weighted by Crippen LogP contribution is -2.28. The molecule has 3 amide bonds. The molecule has 1 aliphatic rings. The number of likely N-dealkylation sites (N-methyl/N-ethyl adjacent to an activating group) is 1. The number of carbonyl (C=O) groups excluding carboxylic acids is 3. The molecule has 160 valence electrons. The van der Waals surface area contributed by atoms with Crippen LogP contribution in [0.2, 0.25) is 0 Å². The third kappa shape index (κ3) is 5.58. The maximum Gasteiger partial charge on any atom is 0.293 e. The Morgan fingerprint density at radius 2 is 1.94 bits per heavy atom. The van der Waals surface area contributed by atoms with Crippen LogP contribution in [0.25, 0.3) is 0 Å². The maximum atomic E-state index is 12.6. The first-order valence-electron chi connectivity index (χ1n) is 9.91. The van der Waals surface area contributed by atoms with Crippen LogP contribution in [0, 0.1) is 0 Å². The monoisotopic (exact) mass is 438 g/mol. The van der Waals surface area contributed by atoms with Gasteiger partial charge < -0.3 is 14.6 Å². The molecule has 1 fully saturated rings. The highest BCUT2D eigenvalue weighted by molar-refractivity contribution is 7.14. The van der Waals surface area contributed by atoms with Gasteiger partial charge in [0.05, 0.1) is 18.4 Å². The van der Waals surface area contributed by atoms with Crippen molar-refractivity contribution in [1.82, 2.24) is 15.2 Å². The average Bonchev–Trinajstić information content (AvgIpc) is 3.21. The van der Waals surface area contributed by atoms with Gasteiger partial charge in [0.1, 0.15) is 0 Å². The Balaban J connectivity index is 1.28. The first-order chi connectivity index (χ1) is 15.0. The fourth-order valence-electron chi connectivity index (χ4n) is 2.92. The second-order valence-corrected chi connectivity index (χ2v) is 8.30. The molecule has 0 bridgehead atoms. The van der Waals surface area contributed by atoms with Crippen molar-refractivity contribution in [2.75, 3.05) is 12.4 Å². The van der Waals surface area contributed by atoms with Crippen LogP contribution < -0.4 is 10.6 Å². The van der Waals surface area contributed by atoms with Crippen molar-refractivity contribution in [3.05, 3.63) is 70.6 Å². The van der Waals surface area contributed by atoms with Gasteiger partial charge in [0.25, 0.3) is 11.8 Å². The van der Waals surface area contributed by atoms with E-state index in [9.17, 15) is 14.4 Å². The van der Waals surface area contributed by atoms with E-state index in [1.165, 1.54) is 17.6 Å². The molecule has 9 heteroatoms. The number of furan rings is 1. The molecule has 1 aliphatic carbocycles. The van der Waals surface area contributed by atoms with Crippen LogP contribution in [0.5, 0.6) is 0 Å². The van der Waals surface area contributed by atoms with E-state index in [1.54, 1.807) is 41.6 Å². The van der Waals surface area contributed by atoms with Crippen LogP contribution in [0.15, 0.2) is 52.5 Å². The van der Waals surface area contributed by atoms with Gasteiger partial charge in [-0.15, -0.1) is 11.3 Å². The largest absolute Gasteiger partial charge is 0.459 e. The van der Waals surface area contributed by atoms with E-state index >= 15 is 0 Å². The molecule has 3 aromatic rings. The molecule has 0 radical (unpaired) electrons. The maximum absolute atomic E-state index is 12.6. The predicted octanol–water partition coefficient (Wildman–Crippen LogP) is 3.08. The highest BCUT2D eigenvalue weighted by atomic mass is 32.1. The Morgan fingerprint density at radius 3 is 2.61 bits per heavy atom. The van der Waals surface area contributed by atoms with E-state index in [0.29, 0.717) is 29.0 Å². The molecule has 0 aliphatic heterocycles. The fraction of sp³-hybridized carbons (Fsp3) is 0.273. The van der Waals surface area contributed by atoms with E-state index in [0.717, 1.165) is 18.4 Å². The highest BCUT2D eigenvalue weighted by Crippen LogP contribution is 2.20. The molecule has 2 aromatic heterocycles. The van der Waals surface area contributed by atoms with Gasteiger partial charge in [0, 0.05) is 30.6 Å². The summed E-state index contributed by atoms with van der Waals surface area (Å²) in [5.74, 6) is -0.339. The summed E-state index contributed by atoms with van der Waals surface area (Å²) in [7, 11) is 1.72. The smallest absolute Gasteiger partial charge is 0.293 e. The summed E-state index contributed by atoms with van der Waals surface area (Å²) in [6.07, 6.45) is 3.65. The minimum atomic E-state index is -0.386. The number of nitrogens with one attached hydrogen (secondary N) is 2. The van der Waals surface area contributed by atoms with Crippen LogP contribution in [0.4, 0.5) is 5.13 Å². The fourth-order valence-corrected chi connectivity index (χ4v) is 3.63. The first kappa shape index (κ1) is 20.8. The molecule has 31 heavy (non-hydrogen) atoms. The lowest BCUT2D eigenvalue weighted by Gasteiger charge is -2.17. The number of aromatic nitrogens is 1. The summed E-state index contributed by atoms with van der Waals surface area (Å²) in [6.45, 7) is 0.426. The van der Waals surface area contributed by atoms with Crippen LogP contribution in [0.1, 0.15) is 45.0 Å². The minimum Gasteiger partial charge on any atom is -0.459 e. The van der Waals surface area contributed by atoms with Crippen LogP contribution >= 0.6 is 11.3 Å². The Kier molecular flexibility index (Phi) is 6.13. The second-order valence-electron chi connectivity index (χ2n) is 7.45. The molecule has 0 atom stereocenters. The number of nitrogens with zero attached hydrogens (tertiary/aromatic N) is 2. The number of hydrogen-bond donors (Lipinski definition) is 2. The summed E-state index contributed by atoms with van der Waals surface area (Å²) in [4.78, 5) is 42.5. The SMILES string of the molecule is CN(Cc1ccc(C(=O)NC2CC2)cc1)C(=O)Cc1csc(NC(=O)c2ccco2)n1. The number of thiazole rings is 1. The number of carbonyl (C=O) groups is 3. The van der Waals surface area contributed by atoms with E-state index in [4.69, 9.17) is 4.42 Å². The van der Waals surface area contributed by atoms with Crippen LogP contribution in [0.3, 0.4) is 0 Å². The van der Waals surface area contributed by atoms with Gasteiger partial charge in [-0.25, -0.2) is 4.98 Å². The Bertz CT molecular complexity index is 1070. The van der Waals surface area contributed by atoms with Crippen molar-refractivity contribution in [3.63, 3.8) is 0 Å². The molecule has 2 heterocycles. The lowest BCUT2D eigenvalue weighted by atomic mass is 10.1. The molecule has 1 saturated carbocycles. The third-order valence-corrected chi connectivity index (χ3v) is 5.63. The van der Waals surface area contributed by atoms with Gasteiger partial charge in [-0.1, -0.05) is 12.1 Å². The highest BCUT2D eigenvalue weighted by Gasteiger charge is 2.23. The number of amides is 3. The quantitative estimate of drug-likeness (QED) is 0.562. The topological polar surface area (TPSA) is 105 Å². The lowest BCUT2D eigenvalue weighted by molar-refractivity contribution is -0.129. The zero-order valence-corrected chi connectivity index (χ0v) is 17.8. The van der Waals surface area contributed by atoms with Gasteiger partial charge in [-0.2, -0.15) is 0 Å².